The number of anilines is 4. The number of ether oxygens (including phenoxy) is 1. The molecule has 44 heavy (non-hydrogen) atoms. The van der Waals surface area contributed by atoms with Gasteiger partial charge in [0.25, 0.3) is 5.91 Å². The first-order valence-corrected chi connectivity index (χ1v) is 14.8. The van der Waals surface area contributed by atoms with Gasteiger partial charge in [0, 0.05) is 23.5 Å². The van der Waals surface area contributed by atoms with Crippen molar-refractivity contribution in [1.82, 2.24) is 20.4 Å². The normalized spacial score (nSPS) is 10.7. The number of nitrogens with zero attached hydrogens (tertiary/aromatic N) is 4. The third kappa shape index (κ3) is 9.11. The fourth-order valence-electron chi connectivity index (χ4n) is 4.45. The van der Waals surface area contributed by atoms with E-state index < -0.39 is 11.9 Å². The van der Waals surface area contributed by atoms with E-state index in [0.717, 1.165) is 11.4 Å². The number of rotatable bonds is 9. The Hall–Kier alpha value is -4.28. The van der Waals surface area contributed by atoms with Crippen LogP contribution in [-0.4, -0.2) is 38.9 Å². The van der Waals surface area contributed by atoms with Gasteiger partial charge in [0.15, 0.2) is 21.7 Å². The molecule has 0 unspecified atom stereocenters. The molecule has 0 aliphatic heterocycles. The molecule has 0 atom stereocenters. The molecule has 0 bridgehead atoms. The lowest BCUT2D eigenvalue weighted by atomic mass is 9.97. The van der Waals surface area contributed by atoms with Gasteiger partial charge in [-0.2, -0.15) is 0 Å². The second-order valence-electron chi connectivity index (χ2n) is 10.6. The number of aryl methyl sites for hydroxylation is 2. The van der Waals surface area contributed by atoms with E-state index in [9.17, 15) is 9.59 Å². The van der Waals surface area contributed by atoms with E-state index in [1.807, 2.05) is 30.3 Å². The van der Waals surface area contributed by atoms with E-state index in [4.69, 9.17) is 33.7 Å². The Morgan fingerprint density at radius 2 is 1.18 bits per heavy atom. The van der Waals surface area contributed by atoms with Crippen molar-refractivity contribution in [3.8, 4) is 0 Å². The fraction of sp³-hybridized carbons (Fsp3) is 0.312. The summed E-state index contributed by atoms with van der Waals surface area (Å²) in [5.74, 6) is -0.379. The Kier molecular flexibility index (Phi) is 12.0. The van der Waals surface area contributed by atoms with E-state index >= 15 is 0 Å². The lowest BCUT2D eigenvalue weighted by Gasteiger charge is -2.14. The topological polar surface area (TPSA) is 145 Å². The lowest BCUT2D eigenvalue weighted by molar-refractivity contribution is 0.0519. The fourth-order valence-corrected chi connectivity index (χ4v) is 4.74. The zero-order valence-electron chi connectivity index (χ0n) is 25.8. The molecule has 0 saturated heterocycles. The van der Waals surface area contributed by atoms with Gasteiger partial charge < -0.3 is 21.1 Å². The molecule has 0 spiro atoms. The SMILES string of the molecule is CCOC(=O)c1nnc(Cl)cc1Nc1ccc(C)c(C(C)C)c1.Cc1ccc(Nc2cc(Cl)nnc2C(N)=O)cc1C(C)C. The van der Waals surface area contributed by atoms with Crippen molar-refractivity contribution in [2.24, 2.45) is 5.73 Å². The summed E-state index contributed by atoms with van der Waals surface area (Å²) in [6.07, 6.45) is 0. The van der Waals surface area contributed by atoms with Gasteiger partial charge in [-0.25, -0.2) is 4.79 Å². The summed E-state index contributed by atoms with van der Waals surface area (Å²) in [5, 5.41) is 21.7. The maximum atomic E-state index is 12.0. The largest absolute Gasteiger partial charge is 0.461 e. The highest BCUT2D eigenvalue weighted by Crippen LogP contribution is 2.28. The molecule has 12 heteroatoms. The van der Waals surface area contributed by atoms with Crippen molar-refractivity contribution in [1.29, 1.82) is 0 Å². The summed E-state index contributed by atoms with van der Waals surface area (Å²) < 4.78 is 5.00. The Bertz CT molecular complexity index is 1640. The third-order valence-electron chi connectivity index (χ3n) is 6.59. The molecule has 1 amide bonds. The number of nitrogens with two attached hydrogens (primary N) is 1. The van der Waals surface area contributed by atoms with Crippen molar-refractivity contribution < 1.29 is 14.3 Å². The molecule has 0 radical (unpaired) electrons. The van der Waals surface area contributed by atoms with E-state index in [2.05, 4.69) is 78.6 Å². The van der Waals surface area contributed by atoms with Crippen molar-refractivity contribution in [3.05, 3.63) is 92.5 Å². The van der Waals surface area contributed by atoms with Crippen molar-refractivity contribution in [3.63, 3.8) is 0 Å². The average molecular weight is 639 g/mol. The van der Waals surface area contributed by atoms with Crippen LogP contribution in [-0.2, 0) is 4.74 Å². The minimum atomic E-state index is -0.655. The maximum Gasteiger partial charge on any atom is 0.361 e. The second-order valence-corrected chi connectivity index (χ2v) is 11.4. The monoisotopic (exact) mass is 637 g/mol. The first kappa shape index (κ1) is 34.2. The molecule has 4 aromatic rings. The third-order valence-corrected chi connectivity index (χ3v) is 6.96. The minimum absolute atomic E-state index is 0.0612. The zero-order valence-corrected chi connectivity index (χ0v) is 27.3. The quantitative estimate of drug-likeness (QED) is 0.156. The van der Waals surface area contributed by atoms with Gasteiger partial charge in [-0.05, 0) is 79.1 Å². The van der Waals surface area contributed by atoms with Gasteiger partial charge in [0.1, 0.15) is 0 Å². The molecule has 2 aromatic carbocycles. The molecule has 232 valence electrons. The van der Waals surface area contributed by atoms with Crippen LogP contribution in [0.25, 0.3) is 0 Å². The Morgan fingerprint density at radius 1 is 0.750 bits per heavy atom. The summed E-state index contributed by atoms with van der Waals surface area (Å²) >= 11 is 11.7. The van der Waals surface area contributed by atoms with Crippen molar-refractivity contribution in [2.75, 3.05) is 17.2 Å². The Balaban J connectivity index is 0.000000241. The van der Waals surface area contributed by atoms with Crippen LogP contribution in [0.1, 0.15) is 89.7 Å². The van der Waals surface area contributed by atoms with Gasteiger partial charge >= 0.3 is 5.97 Å². The predicted octanol–water partition coefficient (Wildman–Crippen LogP) is 7.89. The van der Waals surface area contributed by atoms with Crippen LogP contribution in [0.5, 0.6) is 0 Å². The standard InChI is InChI=1S/C17H20ClN3O2.C15H17ClN4O/c1-5-23-17(22)16-14(9-15(18)20-21-16)19-12-7-6-11(4)13(8-12)10(2)3;1-8(2)11-6-10(5-4-9(11)3)18-12-7-13(16)19-20-14(12)15(17)21/h6-10H,5H2,1-4H3,(H,19,20);4-8H,1-3H3,(H2,17,21)(H,18,19). The van der Waals surface area contributed by atoms with Crippen LogP contribution < -0.4 is 16.4 Å². The molecule has 4 N–H and O–H groups in total. The number of carbonyl (C=O) groups excluding carboxylic acids is 2. The number of hydrogen-bond donors (Lipinski definition) is 3. The molecular formula is C32H37Cl2N7O3. The van der Waals surface area contributed by atoms with Crippen molar-refractivity contribution >= 4 is 57.8 Å². The molecule has 0 aliphatic rings. The van der Waals surface area contributed by atoms with E-state index in [1.165, 1.54) is 28.3 Å². The Labute approximate surface area is 267 Å². The average Bonchev–Trinajstić information content (AvgIpc) is 2.95. The number of primary amides is 1. The van der Waals surface area contributed by atoms with Gasteiger partial charge in [-0.15, -0.1) is 20.4 Å². The molecule has 10 nitrogen and oxygen atoms in total. The molecule has 2 aromatic heterocycles. The minimum Gasteiger partial charge on any atom is -0.461 e. The number of halogens is 2. The number of nitrogens with one attached hydrogen (secondary N) is 2. The molecule has 0 fully saturated rings. The number of aromatic nitrogens is 4. The zero-order chi connectivity index (χ0) is 32.6. The summed E-state index contributed by atoms with van der Waals surface area (Å²) in [6, 6.07) is 15.1. The van der Waals surface area contributed by atoms with Gasteiger partial charge in [0.05, 0.1) is 18.0 Å². The molecule has 4 rings (SSSR count). The van der Waals surface area contributed by atoms with Gasteiger partial charge in [0.2, 0.25) is 0 Å². The first-order chi connectivity index (χ1) is 20.8. The van der Waals surface area contributed by atoms with Crippen LogP contribution >= 0.6 is 23.2 Å². The first-order valence-electron chi connectivity index (χ1n) is 14.1. The maximum absolute atomic E-state index is 12.0. The van der Waals surface area contributed by atoms with Crippen molar-refractivity contribution in [2.45, 2.75) is 60.3 Å². The smallest absolute Gasteiger partial charge is 0.361 e. The van der Waals surface area contributed by atoms with Crippen LogP contribution in [0, 0.1) is 13.8 Å². The van der Waals surface area contributed by atoms with E-state index in [1.54, 1.807) is 13.0 Å². The van der Waals surface area contributed by atoms with Crippen LogP contribution in [0.3, 0.4) is 0 Å². The number of amides is 1. The van der Waals surface area contributed by atoms with Gasteiger partial charge in [-0.1, -0.05) is 63.0 Å². The lowest BCUT2D eigenvalue weighted by Crippen LogP contribution is -2.16. The highest BCUT2D eigenvalue weighted by molar-refractivity contribution is 6.30. The van der Waals surface area contributed by atoms with Crippen LogP contribution in [0.2, 0.25) is 10.3 Å². The van der Waals surface area contributed by atoms with Crippen LogP contribution in [0.4, 0.5) is 22.7 Å². The van der Waals surface area contributed by atoms with Gasteiger partial charge in [-0.3, -0.25) is 4.79 Å². The summed E-state index contributed by atoms with van der Waals surface area (Å²) in [7, 11) is 0. The van der Waals surface area contributed by atoms with E-state index in [-0.39, 0.29) is 28.3 Å². The summed E-state index contributed by atoms with van der Waals surface area (Å²) in [4.78, 5) is 23.4. The summed E-state index contributed by atoms with van der Waals surface area (Å²) in [5.41, 5.74) is 13.0. The molecule has 0 saturated carbocycles. The second kappa shape index (κ2) is 15.4. The number of esters is 1. The number of hydrogen-bond acceptors (Lipinski definition) is 9. The Morgan fingerprint density at radius 3 is 1.59 bits per heavy atom. The predicted molar refractivity (Wildman–Crippen MR) is 176 cm³/mol. The molecule has 0 aliphatic carbocycles. The number of benzene rings is 2. The highest BCUT2D eigenvalue weighted by Gasteiger charge is 2.17. The van der Waals surface area contributed by atoms with Crippen LogP contribution in [0.15, 0.2) is 48.5 Å². The molecule has 2 heterocycles. The summed E-state index contributed by atoms with van der Waals surface area (Å²) in [6.45, 7) is 14.7. The number of carbonyl (C=O) groups is 2. The van der Waals surface area contributed by atoms with E-state index in [0.29, 0.717) is 23.2 Å². The molecular weight excluding hydrogens is 601 g/mol. The highest BCUT2D eigenvalue weighted by atomic mass is 35.5.